The molecule has 1 rings (SSSR count). The summed E-state index contributed by atoms with van der Waals surface area (Å²) in [6.45, 7) is 2.04. The molecule has 0 fully saturated rings. The van der Waals surface area contributed by atoms with Gasteiger partial charge in [-0.15, -0.1) is 0 Å². The fraction of sp³-hybridized carbons (Fsp3) is 0.250. The molecule has 0 spiro atoms. The van der Waals surface area contributed by atoms with Crippen molar-refractivity contribution >= 4 is 39.6 Å². The molecule has 0 atom stereocenters. The number of hydrogen-bond acceptors (Lipinski definition) is 2. The van der Waals surface area contributed by atoms with Crippen LogP contribution >= 0.6 is 27.5 Å². The van der Waals surface area contributed by atoms with Crippen LogP contribution in [0, 0.1) is 5.82 Å². The number of benzene rings is 1. The van der Waals surface area contributed by atoms with Gasteiger partial charge in [0.05, 0.1) is 11.6 Å². The van der Waals surface area contributed by atoms with Gasteiger partial charge in [0.15, 0.2) is 0 Å². The largest absolute Gasteiger partial charge is 0.463 e. The minimum atomic E-state index is -0.413. The van der Waals surface area contributed by atoms with E-state index < -0.39 is 11.8 Å². The summed E-state index contributed by atoms with van der Waals surface area (Å²) in [5.41, 5.74) is 1.01. The van der Waals surface area contributed by atoms with Gasteiger partial charge in [0, 0.05) is 10.9 Å². The molecule has 0 saturated carbocycles. The zero-order valence-electron chi connectivity index (χ0n) is 9.17. The number of halogens is 3. The fourth-order valence-corrected chi connectivity index (χ4v) is 1.79. The fourth-order valence-electron chi connectivity index (χ4n) is 1.18. The number of rotatable bonds is 4. The summed E-state index contributed by atoms with van der Waals surface area (Å²) in [4.78, 5) is 11.5. The normalized spacial score (nSPS) is 11.4. The zero-order chi connectivity index (χ0) is 12.8. The van der Waals surface area contributed by atoms with Crippen LogP contribution in [0.1, 0.15) is 12.5 Å². The smallest absolute Gasteiger partial charge is 0.334 e. The van der Waals surface area contributed by atoms with Crippen LogP contribution in [0.4, 0.5) is 4.39 Å². The molecule has 17 heavy (non-hydrogen) atoms. The highest BCUT2D eigenvalue weighted by atomic mass is 79.9. The lowest BCUT2D eigenvalue weighted by atomic mass is 10.1. The highest BCUT2D eigenvalue weighted by Gasteiger charge is 2.10. The summed E-state index contributed by atoms with van der Waals surface area (Å²) in [7, 11) is 0. The van der Waals surface area contributed by atoms with Gasteiger partial charge in [-0.05, 0) is 30.7 Å². The van der Waals surface area contributed by atoms with Crippen LogP contribution in [0.3, 0.4) is 0 Å². The minimum absolute atomic E-state index is 0.257. The first-order valence-corrected chi connectivity index (χ1v) is 6.47. The van der Waals surface area contributed by atoms with Gasteiger partial charge < -0.3 is 4.74 Å². The first-order valence-electron chi connectivity index (χ1n) is 4.97. The average Bonchev–Trinajstić information content (AvgIpc) is 2.28. The number of ether oxygens (including phenoxy) is 1. The van der Waals surface area contributed by atoms with E-state index in [1.807, 2.05) is 0 Å². The third-order valence-corrected chi connectivity index (χ3v) is 2.91. The third kappa shape index (κ3) is 4.13. The molecule has 1 aromatic rings. The monoisotopic (exact) mass is 320 g/mol. The molecular formula is C12H11BrClFO2. The lowest BCUT2D eigenvalue weighted by Crippen LogP contribution is -2.08. The number of carbonyl (C=O) groups excluding carboxylic acids is 1. The number of hydrogen-bond donors (Lipinski definition) is 0. The highest BCUT2D eigenvalue weighted by Crippen LogP contribution is 2.21. The zero-order valence-corrected chi connectivity index (χ0v) is 11.5. The van der Waals surface area contributed by atoms with Crippen molar-refractivity contribution in [2.24, 2.45) is 0 Å². The molecule has 0 aliphatic carbocycles. The van der Waals surface area contributed by atoms with Crippen molar-refractivity contribution < 1.29 is 13.9 Å². The first-order chi connectivity index (χ1) is 8.08. The number of esters is 1. The summed E-state index contributed by atoms with van der Waals surface area (Å²) in [5, 5.41) is 0.604. The lowest BCUT2D eigenvalue weighted by molar-refractivity contribution is -0.138. The molecule has 0 aromatic heterocycles. The van der Waals surface area contributed by atoms with Gasteiger partial charge in [0.2, 0.25) is 0 Å². The second kappa shape index (κ2) is 6.77. The molecule has 5 heteroatoms. The van der Waals surface area contributed by atoms with E-state index in [1.54, 1.807) is 13.0 Å². The van der Waals surface area contributed by atoms with Crippen LogP contribution in [0.2, 0.25) is 5.02 Å². The Morgan fingerprint density at radius 2 is 2.29 bits per heavy atom. The van der Waals surface area contributed by atoms with E-state index in [-0.39, 0.29) is 5.02 Å². The van der Waals surface area contributed by atoms with Crippen LogP contribution in [-0.4, -0.2) is 17.9 Å². The Hall–Kier alpha value is -0.870. The van der Waals surface area contributed by atoms with Crippen LogP contribution in [-0.2, 0) is 9.53 Å². The molecule has 0 aliphatic heterocycles. The maximum Gasteiger partial charge on any atom is 0.334 e. The van der Waals surface area contributed by atoms with Gasteiger partial charge in [0.1, 0.15) is 5.82 Å². The Bertz CT molecular complexity index is 446. The number of alkyl halides is 1. The lowest BCUT2D eigenvalue weighted by Gasteiger charge is -2.05. The quantitative estimate of drug-likeness (QED) is 0.479. The van der Waals surface area contributed by atoms with E-state index in [2.05, 4.69) is 15.9 Å². The highest BCUT2D eigenvalue weighted by molar-refractivity contribution is 9.09. The molecule has 0 amide bonds. The van der Waals surface area contributed by atoms with Crippen LogP contribution in [0.15, 0.2) is 23.8 Å². The first kappa shape index (κ1) is 14.2. The molecule has 0 bridgehead atoms. The van der Waals surface area contributed by atoms with Gasteiger partial charge >= 0.3 is 5.97 Å². The Morgan fingerprint density at radius 1 is 1.59 bits per heavy atom. The summed E-state index contributed by atoms with van der Waals surface area (Å²) < 4.78 is 17.7. The third-order valence-electron chi connectivity index (χ3n) is 1.97. The topological polar surface area (TPSA) is 26.3 Å². The Balaban J connectivity index is 3.02. The second-order valence-electron chi connectivity index (χ2n) is 3.19. The van der Waals surface area contributed by atoms with Crippen molar-refractivity contribution in [2.75, 3.05) is 11.9 Å². The molecule has 0 saturated heterocycles. The van der Waals surface area contributed by atoms with E-state index in [1.165, 1.54) is 18.2 Å². The predicted octanol–water partition coefficient (Wildman–Crippen LogP) is 3.82. The van der Waals surface area contributed by atoms with Crippen molar-refractivity contribution in [2.45, 2.75) is 6.92 Å². The summed E-state index contributed by atoms with van der Waals surface area (Å²) >= 11 is 9.06. The van der Waals surface area contributed by atoms with E-state index in [4.69, 9.17) is 16.3 Å². The van der Waals surface area contributed by atoms with Gasteiger partial charge in [-0.1, -0.05) is 33.6 Å². The van der Waals surface area contributed by atoms with Gasteiger partial charge in [-0.3, -0.25) is 0 Å². The predicted molar refractivity (Wildman–Crippen MR) is 69.8 cm³/mol. The maximum absolute atomic E-state index is 12.8. The van der Waals surface area contributed by atoms with Gasteiger partial charge in [-0.2, -0.15) is 0 Å². The molecule has 0 unspecified atom stereocenters. The van der Waals surface area contributed by atoms with Crippen molar-refractivity contribution in [3.63, 3.8) is 0 Å². The van der Waals surface area contributed by atoms with Gasteiger partial charge in [-0.25, -0.2) is 9.18 Å². The summed E-state index contributed by atoms with van der Waals surface area (Å²) in [5.74, 6) is -0.826. The molecule has 0 N–H and O–H groups in total. The van der Waals surface area contributed by atoms with E-state index in [9.17, 15) is 9.18 Å². The molecule has 0 aliphatic rings. The van der Waals surface area contributed by atoms with Crippen molar-refractivity contribution in [1.29, 1.82) is 0 Å². The summed E-state index contributed by atoms with van der Waals surface area (Å²) in [6.07, 6.45) is 1.58. The van der Waals surface area contributed by atoms with Crippen molar-refractivity contribution in [3.8, 4) is 0 Å². The minimum Gasteiger partial charge on any atom is -0.463 e. The van der Waals surface area contributed by atoms with E-state index in [0.717, 1.165) is 0 Å². The Labute approximate surface area is 113 Å². The molecule has 0 heterocycles. The molecule has 0 radical (unpaired) electrons. The molecule has 92 valence electrons. The Kier molecular flexibility index (Phi) is 5.65. The van der Waals surface area contributed by atoms with E-state index in [0.29, 0.717) is 23.1 Å². The SMILES string of the molecule is CCOC(=O)C(=Cc1ccc(F)cc1Cl)CBr. The molecule has 2 nitrogen and oxygen atoms in total. The van der Waals surface area contributed by atoms with Crippen LogP contribution < -0.4 is 0 Å². The summed E-state index contributed by atoms with van der Waals surface area (Å²) in [6, 6.07) is 4.00. The standard InChI is InChI=1S/C12H11BrClFO2/c1-2-17-12(16)9(7-13)5-8-3-4-10(15)6-11(8)14/h3-6H,2,7H2,1H3. The van der Waals surface area contributed by atoms with Gasteiger partial charge in [0.25, 0.3) is 0 Å². The average molecular weight is 322 g/mol. The maximum atomic E-state index is 12.8. The molecule has 1 aromatic carbocycles. The van der Waals surface area contributed by atoms with Crippen molar-refractivity contribution in [3.05, 3.63) is 40.2 Å². The number of carbonyl (C=O) groups is 1. The van der Waals surface area contributed by atoms with Crippen LogP contribution in [0.25, 0.3) is 6.08 Å². The van der Waals surface area contributed by atoms with E-state index >= 15 is 0 Å². The Morgan fingerprint density at radius 3 is 2.82 bits per heavy atom. The van der Waals surface area contributed by atoms with Crippen LogP contribution in [0.5, 0.6) is 0 Å². The molecular weight excluding hydrogens is 310 g/mol. The second-order valence-corrected chi connectivity index (χ2v) is 4.16. The van der Waals surface area contributed by atoms with Crippen molar-refractivity contribution in [1.82, 2.24) is 0 Å².